The number of benzene rings is 1. The summed E-state index contributed by atoms with van der Waals surface area (Å²) in [6.07, 6.45) is 1.29. The summed E-state index contributed by atoms with van der Waals surface area (Å²) >= 11 is 11.3. The molecular formula is C16H21ClN4O2S. The molecule has 1 aliphatic rings. The predicted molar refractivity (Wildman–Crippen MR) is 99.1 cm³/mol. The molecule has 1 aromatic rings. The largest absolute Gasteiger partial charge is 0.357 e. The number of anilines is 1. The van der Waals surface area contributed by atoms with E-state index in [0.717, 1.165) is 6.42 Å². The maximum absolute atomic E-state index is 12.3. The summed E-state index contributed by atoms with van der Waals surface area (Å²) in [5.41, 5.74) is 5.92. The van der Waals surface area contributed by atoms with E-state index in [9.17, 15) is 9.59 Å². The van der Waals surface area contributed by atoms with E-state index in [1.54, 1.807) is 23.1 Å². The molecule has 2 rings (SSSR count). The fourth-order valence-electron chi connectivity index (χ4n) is 2.32. The topological polar surface area (TPSA) is 73.5 Å². The Morgan fingerprint density at radius 1 is 1.29 bits per heavy atom. The van der Waals surface area contributed by atoms with Crippen molar-refractivity contribution in [1.29, 1.82) is 0 Å². The molecule has 3 N–H and O–H groups in total. The van der Waals surface area contributed by atoms with E-state index in [-0.39, 0.29) is 17.4 Å². The van der Waals surface area contributed by atoms with Crippen LogP contribution < -0.4 is 21.1 Å². The number of nitrogens with zero attached hydrogens (tertiary/aromatic N) is 1. The molecule has 1 heterocycles. The van der Waals surface area contributed by atoms with Gasteiger partial charge in [-0.15, -0.1) is 0 Å². The highest BCUT2D eigenvalue weighted by Crippen LogP contribution is 2.30. The zero-order valence-corrected chi connectivity index (χ0v) is 15.5. The monoisotopic (exact) mass is 368 g/mol. The van der Waals surface area contributed by atoms with Crippen molar-refractivity contribution < 1.29 is 9.59 Å². The molecular weight excluding hydrogens is 348 g/mol. The number of nitrogens with one attached hydrogen (secondary N) is 3. The third kappa shape index (κ3) is 4.82. The van der Waals surface area contributed by atoms with Crippen LogP contribution in [-0.4, -0.2) is 29.0 Å². The van der Waals surface area contributed by atoms with Gasteiger partial charge in [0.05, 0.1) is 10.7 Å². The van der Waals surface area contributed by atoms with Gasteiger partial charge < -0.3 is 10.2 Å². The van der Waals surface area contributed by atoms with Gasteiger partial charge >= 0.3 is 0 Å². The van der Waals surface area contributed by atoms with Gasteiger partial charge in [-0.05, 0) is 57.6 Å². The third-order valence-electron chi connectivity index (χ3n) is 3.35. The van der Waals surface area contributed by atoms with E-state index < -0.39 is 0 Å². The molecule has 1 fully saturated rings. The van der Waals surface area contributed by atoms with E-state index in [1.807, 2.05) is 20.8 Å². The Morgan fingerprint density at radius 3 is 2.58 bits per heavy atom. The van der Waals surface area contributed by atoms with Crippen LogP contribution in [0.25, 0.3) is 0 Å². The van der Waals surface area contributed by atoms with Crippen LogP contribution in [0.2, 0.25) is 5.02 Å². The molecule has 0 unspecified atom stereocenters. The van der Waals surface area contributed by atoms with Crippen molar-refractivity contribution >= 4 is 46.4 Å². The van der Waals surface area contributed by atoms with Gasteiger partial charge in [0.1, 0.15) is 0 Å². The summed E-state index contributed by atoms with van der Waals surface area (Å²) in [6.45, 7) is 6.49. The minimum absolute atomic E-state index is 0.0168. The molecule has 0 aromatic heterocycles. The van der Waals surface area contributed by atoms with Gasteiger partial charge in [-0.3, -0.25) is 20.4 Å². The number of carbonyl (C=O) groups excluding carboxylic acids is 2. The molecule has 2 amide bonds. The average Bonchev–Trinajstić information content (AvgIpc) is 2.89. The number of halogens is 1. The molecule has 24 heavy (non-hydrogen) atoms. The Morgan fingerprint density at radius 2 is 2.00 bits per heavy atom. The van der Waals surface area contributed by atoms with Crippen LogP contribution in [0.15, 0.2) is 18.2 Å². The molecule has 130 valence electrons. The highest BCUT2D eigenvalue weighted by molar-refractivity contribution is 7.80. The third-order valence-corrected chi connectivity index (χ3v) is 3.87. The van der Waals surface area contributed by atoms with E-state index in [0.29, 0.717) is 34.4 Å². The van der Waals surface area contributed by atoms with Crippen molar-refractivity contribution in [3.63, 3.8) is 0 Å². The van der Waals surface area contributed by atoms with Gasteiger partial charge in [-0.1, -0.05) is 11.6 Å². The normalized spacial score (nSPS) is 14.5. The zero-order chi connectivity index (χ0) is 17.9. The Hall–Kier alpha value is -1.86. The van der Waals surface area contributed by atoms with E-state index >= 15 is 0 Å². The van der Waals surface area contributed by atoms with Crippen LogP contribution in [0.3, 0.4) is 0 Å². The lowest BCUT2D eigenvalue weighted by atomic mass is 10.1. The molecule has 1 aromatic carbocycles. The number of amides is 2. The highest BCUT2D eigenvalue weighted by Gasteiger charge is 2.24. The maximum Gasteiger partial charge on any atom is 0.269 e. The van der Waals surface area contributed by atoms with Crippen molar-refractivity contribution in [2.45, 2.75) is 39.2 Å². The first kappa shape index (κ1) is 18.5. The smallest absolute Gasteiger partial charge is 0.269 e. The van der Waals surface area contributed by atoms with Crippen LogP contribution in [0.1, 0.15) is 44.0 Å². The molecule has 0 saturated carbocycles. The number of rotatable bonds is 2. The fraction of sp³-hybridized carbons (Fsp3) is 0.438. The minimum atomic E-state index is -0.363. The quantitative estimate of drug-likeness (QED) is 0.552. The SMILES string of the molecule is CC(C)(C)NC(=S)NNC(=O)c1ccc(Cl)c(N2CCCC2=O)c1. The summed E-state index contributed by atoms with van der Waals surface area (Å²) in [6, 6.07) is 4.83. The van der Waals surface area contributed by atoms with Crippen LogP contribution in [0, 0.1) is 0 Å². The summed E-state index contributed by atoms with van der Waals surface area (Å²) in [4.78, 5) is 25.8. The van der Waals surface area contributed by atoms with Crippen molar-refractivity contribution in [2.75, 3.05) is 11.4 Å². The first-order chi connectivity index (χ1) is 11.2. The number of carbonyl (C=O) groups is 2. The highest BCUT2D eigenvalue weighted by atomic mass is 35.5. The van der Waals surface area contributed by atoms with Gasteiger partial charge in [0.15, 0.2) is 5.11 Å². The summed E-state index contributed by atoms with van der Waals surface area (Å²) < 4.78 is 0. The summed E-state index contributed by atoms with van der Waals surface area (Å²) in [5.74, 6) is -0.347. The van der Waals surface area contributed by atoms with E-state index in [2.05, 4.69) is 16.2 Å². The minimum Gasteiger partial charge on any atom is -0.357 e. The molecule has 0 spiro atoms. The summed E-state index contributed by atoms with van der Waals surface area (Å²) in [7, 11) is 0. The standard InChI is InChI=1S/C16H21ClN4O2S/c1-16(2,3)18-15(24)20-19-14(23)10-6-7-11(17)12(9-10)21-8-4-5-13(21)22/h6-7,9H,4-5,8H2,1-3H3,(H,19,23)(H2,18,20,24). The number of hydrogen-bond donors (Lipinski definition) is 3. The second-order valence-electron chi connectivity index (χ2n) is 6.60. The molecule has 8 heteroatoms. The molecule has 1 aliphatic heterocycles. The first-order valence-corrected chi connectivity index (χ1v) is 8.44. The Kier molecular flexibility index (Phi) is 5.66. The van der Waals surface area contributed by atoms with Crippen LogP contribution >= 0.6 is 23.8 Å². The van der Waals surface area contributed by atoms with Crippen molar-refractivity contribution in [1.82, 2.24) is 16.2 Å². The van der Waals surface area contributed by atoms with Crippen molar-refractivity contribution in [2.24, 2.45) is 0 Å². The van der Waals surface area contributed by atoms with Crippen molar-refractivity contribution in [3.8, 4) is 0 Å². The molecule has 0 aliphatic carbocycles. The van der Waals surface area contributed by atoms with Crippen LogP contribution in [0.4, 0.5) is 5.69 Å². The van der Waals surface area contributed by atoms with Gasteiger partial charge in [0, 0.05) is 24.1 Å². The average molecular weight is 369 g/mol. The van der Waals surface area contributed by atoms with E-state index in [4.69, 9.17) is 23.8 Å². The van der Waals surface area contributed by atoms with Gasteiger partial charge in [-0.2, -0.15) is 0 Å². The molecule has 0 radical (unpaired) electrons. The number of hydrazine groups is 1. The van der Waals surface area contributed by atoms with Gasteiger partial charge in [0.2, 0.25) is 5.91 Å². The second-order valence-corrected chi connectivity index (χ2v) is 7.41. The van der Waals surface area contributed by atoms with Crippen molar-refractivity contribution in [3.05, 3.63) is 28.8 Å². The Bertz CT molecular complexity index is 673. The lowest BCUT2D eigenvalue weighted by Gasteiger charge is -2.23. The Balaban J connectivity index is 2.05. The number of hydrogen-bond acceptors (Lipinski definition) is 3. The lowest BCUT2D eigenvalue weighted by molar-refractivity contribution is -0.117. The Labute approximate surface area is 151 Å². The summed E-state index contributed by atoms with van der Waals surface area (Å²) in [5, 5.41) is 3.79. The predicted octanol–water partition coefficient (Wildman–Crippen LogP) is 2.37. The first-order valence-electron chi connectivity index (χ1n) is 7.66. The van der Waals surface area contributed by atoms with Gasteiger partial charge in [-0.25, -0.2) is 0 Å². The van der Waals surface area contributed by atoms with Crippen LogP contribution in [0.5, 0.6) is 0 Å². The molecule has 0 bridgehead atoms. The fourth-order valence-corrected chi connectivity index (χ4v) is 2.90. The molecule has 0 atom stereocenters. The van der Waals surface area contributed by atoms with Crippen LogP contribution in [-0.2, 0) is 4.79 Å². The number of thiocarbonyl (C=S) groups is 1. The second kappa shape index (κ2) is 7.36. The van der Waals surface area contributed by atoms with Gasteiger partial charge in [0.25, 0.3) is 5.91 Å². The zero-order valence-electron chi connectivity index (χ0n) is 13.9. The van der Waals surface area contributed by atoms with E-state index in [1.165, 1.54) is 0 Å². The lowest BCUT2D eigenvalue weighted by Crippen LogP contribution is -2.52. The molecule has 1 saturated heterocycles. The maximum atomic E-state index is 12.3. The molecule has 6 nitrogen and oxygen atoms in total.